The lowest BCUT2D eigenvalue weighted by molar-refractivity contribution is 0.480. The molecule has 2 heterocycles. The number of fused-ring (bicyclic) bond motifs is 1. The first-order chi connectivity index (χ1) is 9.05. The van der Waals surface area contributed by atoms with Gasteiger partial charge in [-0.25, -0.2) is 8.42 Å². The molecule has 2 N–H and O–H groups in total. The van der Waals surface area contributed by atoms with Crippen molar-refractivity contribution in [2.24, 2.45) is 11.7 Å². The van der Waals surface area contributed by atoms with Crippen molar-refractivity contribution in [3.05, 3.63) is 42.1 Å². The van der Waals surface area contributed by atoms with Crippen LogP contribution in [0.5, 0.6) is 0 Å². The lowest BCUT2D eigenvalue weighted by Gasteiger charge is -2.18. The Morgan fingerprint density at radius 1 is 1.32 bits per heavy atom. The summed E-state index contributed by atoms with van der Waals surface area (Å²) < 4.78 is 23.0. The molecule has 2 atom stereocenters. The molecule has 4 nitrogen and oxygen atoms in total. The lowest BCUT2D eigenvalue weighted by atomic mass is 9.92. The normalized spacial score (nSPS) is 23.5. The average molecular weight is 276 g/mol. The van der Waals surface area contributed by atoms with Crippen LogP contribution in [-0.4, -0.2) is 24.9 Å². The maximum Gasteiger partial charge on any atom is 0.150 e. The van der Waals surface area contributed by atoms with E-state index in [0.29, 0.717) is 6.42 Å². The second kappa shape index (κ2) is 4.58. The van der Waals surface area contributed by atoms with Crippen molar-refractivity contribution < 1.29 is 8.42 Å². The van der Waals surface area contributed by atoms with E-state index >= 15 is 0 Å². The number of nitrogens with zero attached hydrogens (tertiary/aromatic N) is 1. The van der Waals surface area contributed by atoms with E-state index in [0.717, 1.165) is 16.5 Å². The van der Waals surface area contributed by atoms with Gasteiger partial charge in [0.15, 0.2) is 9.84 Å². The lowest BCUT2D eigenvalue weighted by Crippen LogP contribution is -2.22. The first-order valence-electron chi connectivity index (χ1n) is 6.36. The van der Waals surface area contributed by atoms with E-state index in [1.807, 2.05) is 30.3 Å². The van der Waals surface area contributed by atoms with Gasteiger partial charge in [0.1, 0.15) is 0 Å². The molecule has 100 valence electrons. The molecule has 1 saturated heterocycles. The summed E-state index contributed by atoms with van der Waals surface area (Å²) in [5, 5.41) is 1.04. The van der Waals surface area contributed by atoms with E-state index in [-0.39, 0.29) is 23.5 Å². The fraction of sp³-hybridized carbons (Fsp3) is 0.357. The summed E-state index contributed by atoms with van der Waals surface area (Å²) in [6.07, 6.45) is 2.42. The van der Waals surface area contributed by atoms with Gasteiger partial charge in [0.05, 0.1) is 17.0 Å². The van der Waals surface area contributed by atoms with Gasteiger partial charge in [-0.15, -0.1) is 0 Å². The number of pyridine rings is 1. The van der Waals surface area contributed by atoms with Crippen LogP contribution in [0, 0.1) is 5.92 Å². The number of aromatic nitrogens is 1. The minimum Gasteiger partial charge on any atom is -0.324 e. The molecule has 1 aliphatic heterocycles. The van der Waals surface area contributed by atoms with Crippen molar-refractivity contribution in [3.8, 4) is 0 Å². The van der Waals surface area contributed by atoms with Gasteiger partial charge in [0.25, 0.3) is 0 Å². The van der Waals surface area contributed by atoms with Gasteiger partial charge in [-0.05, 0) is 36.1 Å². The minimum absolute atomic E-state index is 0.0270. The summed E-state index contributed by atoms with van der Waals surface area (Å²) >= 11 is 0. The van der Waals surface area contributed by atoms with Crippen LogP contribution in [0.3, 0.4) is 0 Å². The molecule has 1 aromatic carbocycles. The van der Waals surface area contributed by atoms with Crippen LogP contribution in [0.15, 0.2) is 36.5 Å². The number of benzene rings is 1. The fourth-order valence-corrected chi connectivity index (χ4v) is 4.54. The Labute approximate surface area is 112 Å². The smallest absolute Gasteiger partial charge is 0.150 e. The van der Waals surface area contributed by atoms with Crippen LogP contribution in [-0.2, 0) is 9.84 Å². The zero-order chi connectivity index (χ0) is 13.5. The molecule has 5 heteroatoms. The molecular formula is C14H16N2O2S. The summed E-state index contributed by atoms with van der Waals surface area (Å²) in [6.45, 7) is 0. The number of rotatable bonds is 2. The quantitative estimate of drug-likeness (QED) is 0.905. The molecule has 2 aromatic rings. The summed E-state index contributed by atoms with van der Waals surface area (Å²) in [5.41, 5.74) is 8.14. The molecular weight excluding hydrogens is 260 g/mol. The Morgan fingerprint density at radius 2 is 2.16 bits per heavy atom. The van der Waals surface area contributed by atoms with Crippen molar-refractivity contribution in [3.63, 3.8) is 0 Å². The second-order valence-electron chi connectivity index (χ2n) is 5.14. The maximum atomic E-state index is 11.5. The molecule has 19 heavy (non-hydrogen) atoms. The zero-order valence-corrected chi connectivity index (χ0v) is 11.3. The van der Waals surface area contributed by atoms with Crippen LogP contribution in [0.25, 0.3) is 10.9 Å². The van der Waals surface area contributed by atoms with E-state index in [1.54, 1.807) is 6.20 Å². The Hall–Kier alpha value is -1.46. The molecule has 0 radical (unpaired) electrons. The molecule has 2 unspecified atom stereocenters. The third-order valence-corrected chi connectivity index (χ3v) is 5.58. The predicted octanol–water partition coefficient (Wildman–Crippen LogP) is 1.67. The van der Waals surface area contributed by atoms with Gasteiger partial charge in [0, 0.05) is 17.6 Å². The monoisotopic (exact) mass is 276 g/mol. The molecule has 1 aliphatic rings. The van der Waals surface area contributed by atoms with Gasteiger partial charge in [-0.3, -0.25) is 4.98 Å². The van der Waals surface area contributed by atoms with E-state index in [4.69, 9.17) is 5.73 Å². The molecule has 1 aromatic heterocycles. The summed E-state index contributed by atoms with van der Waals surface area (Å²) in [4.78, 5) is 4.27. The van der Waals surface area contributed by atoms with Gasteiger partial charge < -0.3 is 5.73 Å². The number of hydrogen-bond donors (Lipinski definition) is 1. The summed E-state index contributed by atoms with van der Waals surface area (Å²) in [5.74, 6) is 0.499. The molecule has 0 aliphatic carbocycles. The van der Waals surface area contributed by atoms with Crippen LogP contribution < -0.4 is 5.73 Å². The van der Waals surface area contributed by atoms with Crippen molar-refractivity contribution in [2.75, 3.05) is 11.5 Å². The highest BCUT2D eigenvalue weighted by atomic mass is 32.2. The number of hydrogen-bond acceptors (Lipinski definition) is 4. The van der Waals surface area contributed by atoms with Gasteiger partial charge in [-0.2, -0.15) is 0 Å². The topological polar surface area (TPSA) is 73.0 Å². The first-order valence-corrected chi connectivity index (χ1v) is 8.18. The predicted molar refractivity (Wildman–Crippen MR) is 75.4 cm³/mol. The van der Waals surface area contributed by atoms with Crippen LogP contribution in [0.2, 0.25) is 0 Å². The molecule has 0 amide bonds. The third-order valence-electron chi connectivity index (χ3n) is 3.79. The van der Waals surface area contributed by atoms with Crippen molar-refractivity contribution in [2.45, 2.75) is 12.5 Å². The van der Waals surface area contributed by atoms with Crippen LogP contribution in [0.4, 0.5) is 0 Å². The third kappa shape index (κ3) is 2.48. The molecule has 0 bridgehead atoms. The van der Waals surface area contributed by atoms with Gasteiger partial charge in [0.2, 0.25) is 0 Å². The highest BCUT2D eigenvalue weighted by Crippen LogP contribution is 2.30. The van der Waals surface area contributed by atoms with Gasteiger partial charge in [-0.1, -0.05) is 12.1 Å². The Morgan fingerprint density at radius 3 is 2.89 bits per heavy atom. The molecule has 0 spiro atoms. The van der Waals surface area contributed by atoms with Crippen LogP contribution in [0.1, 0.15) is 18.0 Å². The van der Waals surface area contributed by atoms with Crippen molar-refractivity contribution >= 4 is 20.7 Å². The number of nitrogens with two attached hydrogens (primary N) is 1. The Kier molecular flexibility index (Phi) is 3.03. The Bertz CT molecular complexity index is 712. The standard InChI is InChI=1S/C14H16N2O2S/c15-14(12-5-7-19(17,18)9-12)11-3-4-13-10(8-11)2-1-6-16-13/h1-4,6,8,12,14H,5,7,9,15H2. The molecule has 3 rings (SSSR count). The average Bonchev–Trinajstić information content (AvgIpc) is 2.78. The minimum atomic E-state index is -2.88. The fourth-order valence-electron chi connectivity index (χ4n) is 2.68. The zero-order valence-electron chi connectivity index (χ0n) is 10.5. The van der Waals surface area contributed by atoms with Crippen LogP contribution >= 0.6 is 0 Å². The SMILES string of the molecule is NC(c1ccc2ncccc2c1)C1CCS(=O)(=O)C1. The summed E-state index contributed by atoms with van der Waals surface area (Å²) in [7, 11) is -2.88. The van der Waals surface area contributed by atoms with E-state index in [2.05, 4.69) is 4.98 Å². The second-order valence-corrected chi connectivity index (χ2v) is 7.37. The van der Waals surface area contributed by atoms with Crippen molar-refractivity contribution in [1.82, 2.24) is 4.98 Å². The highest BCUT2D eigenvalue weighted by molar-refractivity contribution is 7.91. The number of sulfone groups is 1. The van der Waals surface area contributed by atoms with Gasteiger partial charge >= 0.3 is 0 Å². The summed E-state index contributed by atoms with van der Waals surface area (Å²) in [6, 6.07) is 9.56. The molecule has 0 saturated carbocycles. The largest absolute Gasteiger partial charge is 0.324 e. The Balaban J connectivity index is 1.91. The van der Waals surface area contributed by atoms with Crippen molar-refractivity contribution in [1.29, 1.82) is 0 Å². The van der Waals surface area contributed by atoms with E-state index in [1.165, 1.54) is 0 Å². The molecule has 1 fully saturated rings. The van der Waals surface area contributed by atoms with E-state index in [9.17, 15) is 8.42 Å². The maximum absolute atomic E-state index is 11.5. The van der Waals surface area contributed by atoms with E-state index < -0.39 is 9.84 Å². The first kappa shape index (κ1) is 12.6. The highest BCUT2D eigenvalue weighted by Gasteiger charge is 2.32.